The van der Waals surface area contributed by atoms with E-state index in [4.69, 9.17) is 0 Å². The minimum absolute atomic E-state index is 0.0682. The maximum atomic E-state index is 13.1. The molecule has 0 spiro atoms. The number of nitrogens with zero attached hydrogens (tertiary/aromatic N) is 1. The molecule has 1 heterocycles. The van der Waals surface area contributed by atoms with Crippen LogP contribution in [0.3, 0.4) is 0 Å². The van der Waals surface area contributed by atoms with Crippen molar-refractivity contribution in [2.75, 3.05) is 5.75 Å². The number of aliphatic imine (C=N–C) groups is 1. The number of halogens is 5. The summed E-state index contributed by atoms with van der Waals surface area (Å²) < 4.78 is 62.8. The lowest BCUT2D eigenvalue weighted by molar-refractivity contribution is 0.196. The summed E-state index contributed by atoms with van der Waals surface area (Å²) in [6, 6.07) is 0. The van der Waals surface area contributed by atoms with Crippen molar-refractivity contribution in [1.29, 1.82) is 0 Å². The highest BCUT2D eigenvalue weighted by Gasteiger charge is 2.32. The third kappa shape index (κ3) is 4.06. The molecule has 110 valence electrons. The van der Waals surface area contributed by atoms with Crippen molar-refractivity contribution in [3.05, 3.63) is 22.5 Å². The molecule has 0 saturated heterocycles. The molecule has 0 aliphatic carbocycles. The first-order valence-corrected chi connectivity index (χ1v) is 7.27. The van der Waals surface area contributed by atoms with Crippen LogP contribution >= 0.6 is 10.9 Å². The van der Waals surface area contributed by atoms with E-state index >= 15 is 0 Å². The molecule has 1 nitrogen and oxygen atoms in total. The van der Waals surface area contributed by atoms with E-state index < -0.39 is 41.1 Å². The number of hydrogen-bond acceptors (Lipinski definition) is 1. The van der Waals surface area contributed by atoms with Crippen LogP contribution in [0.2, 0.25) is 0 Å². The molecule has 0 N–H and O–H groups in total. The zero-order valence-corrected chi connectivity index (χ0v) is 11.7. The fourth-order valence-electron chi connectivity index (χ4n) is 1.69. The number of rotatable bonds is 4. The lowest BCUT2D eigenvalue weighted by Gasteiger charge is -2.22. The fourth-order valence-corrected chi connectivity index (χ4v) is 3.78. The van der Waals surface area contributed by atoms with Gasteiger partial charge in [-0.2, -0.15) is 19.7 Å². The second-order valence-electron chi connectivity index (χ2n) is 5.14. The summed E-state index contributed by atoms with van der Waals surface area (Å²) in [7, 11) is -1.48. The highest BCUT2D eigenvalue weighted by Crippen LogP contribution is 2.49. The Hall–Kier alpha value is -0.850. The quantitative estimate of drug-likeness (QED) is 0.553. The molecule has 0 fully saturated rings. The van der Waals surface area contributed by atoms with E-state index in [9.17, 15) is 22.0 Å². The van der Waals surface area contributed by atoms with Crippen LogP contribution in [0.4, 0.5) is 22.0 Å². The number of allylic oxidation sites excluding steroid dienone is 3. The Morgan fingerprint density at radius 2 is 1.84 bits per heavy atom. The topological polar surface area (TPSA) is 12.4 Å². The Labute approximate surface area is 111 Å². The van der Waals surface area contributed by atoms with Gasteiger partial charge >= 0.3 is 6.08 Å². The lowest BCUT2D eigenvalue weighted by Crippen LogP contribution is -2.12. The first-order valence-electron chi connectivity index (χ1n) is 5.68. The first kappa shape index (κ1) is 16.2. The van der Waals surface area contributed by atoms with Crippen LogP contribution in [0.5, 0.6) is 0 Å². The molecule has 19 heavy (non-hydrogen) atoms. The Morgan fingerprint density at radius 3 is 2.26 bits per heavy atom. The van der Waals surface area contributed by atoms with Crippen LogP contribution in [0.1, 0.15) is 27.2 Å². The van der Waals surface area contributed by atoms with Crippen LogP contribution in [0.25, 0.3) is 0 Å². The molecule has 1 aliphatic rings. The minimum Gasteiger partial charge on any atom is -0.254 e. The highest BCUT2D eigenvalue weighted by atomic mass is 32.2. The van der Waals surface area contributed by atoms with E-state index in [1.807, 2.05) is 0 Å². The van der Waals surface area contributed by atoms with E-state index in [1.54, 1.807) is 20.8 Å². The average molecular weight is 301 g/mol. The second kappa shape index (κ2) is 6.07. The third-order valence-electron chi connectivity index (χ3n) is 2.57. The van der Waals surface area contributed by atoms with Gasteiger partial charge in [0.05, 0.1) is 10.6 Å². The Bertz CT molecular complexity index is 430. The summed E-state index contributed by atoms with van der Waals surface area (Å²) in [6.07, 6.45) is -5.61. The van der Waals surface area contributed by atoms with E-state index in [-0.39, 0.29) is 10.7 Å². The molecule has 1 aliphatic heterocycles. The fraction of sp³-hybridized carbons (Fsp3) is 0.583. The van der Waals surface area contributed by atoms with Crippen LogP contribution in [-0.4, -0.2) is 17.7 Å². The summed E-state index contributed by atoms with van der Waals surface area (Å²) >= 11 is 0. The Balaban J connectivity index is 2.91. The monoisotopic (exact) mass is 301 g/mol. The zero-order chi connectivity index (χ0) is 14.8. The van der Waals surface area contributed by atoms with Gasteiger partial charge in [-0.05, 0) is 5.75 Å². The summed E-state index contributed by atoms with van der Waals surface area (Å²) in [5.74, 6) is -1.60. The van der Waals surface area contributed by atoms with E-state index in [1.165, 1.54) is 5.55 Å². The molecule has 1 unspecified atom stereocenters. The maximum Gasteiger partial charge on any atom is 0.301 e. The summed E-state index contributed by atoms with van der Waals surface area (Å²) in [5, 5.41) is 0. The Kier molecular flexibility index (Phi) is 5.18. The van der Waals surface area contributed by atoms with Crippen molar-refractivity contribution in [1.82, 2.24) is 0 Å². The molecule has 0 radical (unpaired) electrons. The van der Waals surface area contributed by atoms with Crippen molar-refractivity contribution in [2.45, 2.75) is 33.6 Å². The predicted octanol–water partition coefficient (Wildman–Crippen LogP) is 5.02. The van der Waals surface area contributed by atoms with Crippen molar-refractivity contribution in [3.63, 3.8) is 0 Å². The minimum atomic E-state index is -2.69. The molecule has 0 aromatic heterocycles. The zero-order valence-electron chi connectivity index (χ0n) is 10.9. The molecular weight excluding hydrogens is 285 g/mol. The van der Waals surface area contributed by atoms with Gasteiger partial charge in [-0.1, -0.05) is 20.8 Å². The van der Waals surface area contributed by atoms with Gasteiger partial charge in [-0.25, -0.2) is 13.2 Å². The SMILES string of the molecule is CC(C)(C)C1=C(C(F)F)[SH](CCC(F)=C(F)F)C=N1. The van der Waals surface area contributed by atoms with Crippen molar-refractivity contribution in [3.8, 4) is 0 Å². The Morgan fingerprint density at radius 1 is 1.26 bits per heavy atom. The molecule has 0 amide bonds. The third-order valence-corrected chi connectivity index (χ3v) is 4.70. The van der Waals surface area contributed by atoms with Gasteiger partial charge in [0, 0.05) is 17.4 Å². The van der Waals surface area contributed by atoms with Gasteiger partial charge in [-0.15, -0.1) is 0 Å². The van der Waals surface area contributed by atoms with Gasteiger partial charge in [0.15, 0.2) is 5.83 Å². The van der Waals surface area contributed by atoms with Gasteiger partial charge < -0.3 is 0 Å². The first-order chi connectivity index (χ1) is 8.64. The van der Waals surface area contributed by atoms with Crippen molar-refractivity contribution >= 4 is 16.4 Å². The number of alkyl halides is 2. The van der Waals surface area contributed by atoms with Gasteiger partial charge in [0.25, 0.3) is 6.43 Å². The summed E-state index contributed by atoms with van der Waals surface area (Å²) in [6.45, 7) is 5.26. The normalized spacial score (nSPS) is 21.4. The van der Waals surface area contributed by atoms with E-state index in [0.29, 0.717) is 5.70 Å². The molecule has 1 atom stereocenters. The highest BCUT2D eigenvalue weighted by molar-refractivity contribution is 8.31. The number of hydrogen-bond donors (Lipinski definition) is 1. The molecule has 0 aromatic rings. The van der Waals surface area contributed by atoms with Gasteiger partial charge in [0.2, 0.25) is 0 Å². The molecule has 1 rings (SSSR count). The average Bonchev–Trinajstić information content (AvgIpc) is 2.68. The van der Waals surface area contributed by atoms with Crippen LogP contribution in [0, 0.1) is 5.41 Å². The summed E-state index contributed by atoms with van der Waals surface area (Å²) in [4.78, 5) is 3.88. The number of thiol groups is 1. The smallest absolute Gasteiger partial charge is 0.254 e. The van der Waals surface area contributed by atoms with E-state index in [2.05, 4.69) is 4.99 Å². The second-order valence-corrected chi connectivity index (χ2v) is 7.24. The molecule has 0 aromatic carbocycles. The molecular formula is C12H16F5NS. The van der Waals surface area contributed by atoms with Crippen LogP contribution in [-0.2, 0) is 0 Å². The van der Waals surface area contributed by atoms with Crippen molar-refractivity contribution in [2.24, 2.45) is 10.4 Å². The van der Waals surface area contributed by atoms with Crippen LogP contribution in [0.15, 0.2) is 27.5 Å². The lowest BCUT2D eigenvalue weighted by atomic mass is 9.92. The molecule has 0 saturated carbocycles. The molecule has 7 heteroatoms. The summed E-state index contributed by atoms with van der Waals surface area (Å²) in [5.41, 5.74) is 1.11. The van der Waals surface area contributed by atoms with Gasteiger partial charge in [0.1, 0.15) is 0 Å². The predicted molar refractivity (Wildman–Crippen MR) is 69.8 cm³/mol. The molecule has 0 bridgehead atoms. The van der Waals surface area contributed by atoms with Gasteiger partial charge in [-0.3, -0.25) is 4.99 Å². The maximum absolute atomic E-state index is 13.1. The van der Waals surface area contributed by atoms with E-state index in [0.717, 1.165) is 0 Å². The standard InChI is InChI=1S/C12H16F5NS/c1-12(2,3)9-8(11(16)17)19(6-18-9)5-4-7(13)10(14)15/h6,11,19H,4-5H2,1-3H3. The van der Waals surface area contributed by atoms with Crippen LogP contribution < -0.4 is 0 Å². The largest absolute Gasteiger partial charge is 0.301 e. The van der Waals surface area contributed by atoms with Crippen molar-refractivity contribution < 1.29 is 22.0 Å².